The van der Waals surface area contributed by atoms with E-state index in [1.807, 2.05) is 31.2 Å². The summed E-state index contributed by atoms with van der Waals surface area (Å²) in [5.41, 5.74) is 6.95. The molecule has 2 atom stereocenters. The molecule has 112 valence electrons. The zero-order valence-electron chi connectivity index (χ0n) is 11.5. The molecule has 0 fully saturated rings. The second kappa shape index (κ2) is 7.00. The summed E-state index contributed by atoms with van der Waals surface area (Å²) in [5.74, 6) is -1.23. The van der Waals surface area contributed by atoms with Gasteiger partial charge in [-0.15, -0.1) is 0 Å². The Morgan fingerprint density at radius 2 is 1.81 bits per heavy atom. The van der Waals surface area contributed by atoms with Gasteiger partial charge in [-0.3, -0.25) is 0 Å². The number of hydrogen-bond donors (Lipinski definition) is 1. The first-order chi connectivity index (χ1) is 9.99. The molecule has 21 heavy (non-hydrogen) atoms. The molecule has 2 aromatic carbocycles. The van der Waals surface area contributed by atoms with Crippen molar-refractivity contribution in [2.45, 2.75) is 25.5 Å². The lowest BCUT2D eigenvalue weighted by Crippen LogP contribution is -2.31. The molecular weight excluding hydrogens is 340 g/mol. The van der Waals surface area contributed by atoms with Crippen LogP contribution in [0.2, 0.25) is 0 Å². The average molecular weight is 356 g/mol. The number of nitrogens with two attached hydrogens (primary N) is 1. The highest BCUT2D eigenvalue weighted by Gasteiger charge is 2.21. The van der Waals surface area contributed by atoms with Crippen LogP contribution in [0.3, 0.4) is 0 Å². The normalized spacial score (nSPS) is 13.8. The van der Waals surface area contributed by atoms with Gasteiger partial charge in [0.2, 0.25) is 0 Å². The summed E-state index contributed by atoms with van der Waals surface area (Å²) in [4.78, 5) is 0. The van der Waals surface area contributed by atoms with Crippen LogP contribution in [-0.4, -0.2) is 6.04 Å². The van der Waals surface area contributed by atoms with Crippen molar-refractivity contribution in [3.05, 3.63) is 64.1 Å². The van der Waals surface area contributed by atoms with Crippen molar-refractivity contribution in [1.82, 2.24) is 0 Å². The SMILES string of the molecule is CCC(N)C(Oc1cc(F)cc(F)c1)c1cccc(Br)c1. The zero-order valence-corrected chi connectivity index (χ0v) is 13.1. The van der Waals surface area contributed by atoms with Crippen LogP contribution in [0.1, 0.15) is 25.0 Å². The van der Waals surface area contributed by atoms with Crippen molar-refractivity contribution >= 4 is 15.9 Å². The first-order valence-corrected chi connectivity index (χ1v) is 7.42. The molecule has 2 N–H and O–H groups in total. The standard InChI is InChI=1S/C16H16BrF2NO/c1-2-15(20)16(10-4-3-5-11(17)6-10)21-14-8-12(18)7-13(19)9-14/h3-9,15-16H,2,20H2,1H3. The Morgan fingerprint density at radius 3 is 2.38 bits per heavy atom. The molecule has 2 nitrogen and oxygen atoms in total. The first-order valence-electron chi connectivity index (χ1n) is 6.63. The van der Waals surface area contributed by atoms with Crippen LogP contribution < -0.4 is 10.5 Å². The van der Waals surface area contributed by atoms with Gasteiger partial charge in [0.05, 0.1) is 0 Å². The summed E-state index contributed by atoms with van der Waals surface area (Å²) >= 11 is 3.39. The summed E-state index contributed by atoms with van der Waals surface area (Å²) in [5, 5.41) is 0. The van der Waals surface area contributed by atoms with E-state index in [-0.39, 0.29) is 11.8 Å². The topological polar surface area (TPSA) is 35.2 Å². The molecule has 0 saturated carbocycles. The second-order valence-electron chi connectivity index (χ2n) is 4.77. The Labute approximate surface area is 131 Å². The van der Waals surface area contributed by atoms with E-state index < -0.39 is 17.7 Å². The van der Waals surface area contributed by atoms with Crippen molar-refractivity contribution in [3.8, 4) is 5.75 Å². The van der Waals surface area contributed by atoms with E-state index in [1.54, 1.807) is 0 Å². The van der Waals surface area contributed by atoms with E-state index in [4.69, 9.17) is 10.5 Å². The number of hydrogen-bond acceptors (Lipinski definition) is 2. The molecule has 0 aliphatic carbocycles. The third kappa shape index (κ3) is 4.25. The molecule has 0 aliphatic heterocycles. The molecule has 0 spiro atoms. The molecule has 2 aromatic rings. The molecule has 5 heteroatoms. The summed E-state index contributed by atoms with van der Waals surface area (Å²) < 4.78 is 33.2. The van der Waals surface area contributed by atoms with Gasteiger partial charge in [-0.1, -0.05) is 35.0 Å². The van der Waals surface area contributed by atoms with Gasteiger partial charge in [0.15, 0.2) is 0 Å². The molecule has 0 amide bonds. The Bertz CT molecular complexity index is 601. The first kappa shape index (κ1) is 15.9. The van der Waals surface area contributed by atoms with Crippen molar-refractivity contribution in [2.75, 3.05) is 0 Å². The predicted molar refractivity (Wildman–Crippen MR) is 82.1 cm³/mol. The molecule has 0 radical (unpaired) electrons. The quantitative estimate of drug-likeness (QED) is 0.851. The van der Waals surface area contributed by atoms with Crippen LogP contribution in [0.4, 0.5) is 8.78 Å². The summed E-state index contributed by atoms with van der Waals surface area (Å²) in [6.45, 7) is 1.94. The third-order valence-corrected chi connectivity index (χ3v) is 3.63. The highest BCUT2D eigenvalue weighted by atomic mass is 79.9. The molecule has 2 rings (SSSR count). The van der Waals surface area contributed by atoms with Gasteiger partial charge < -0.3 is 10.5 Å². The Hall–Kier alpha value is -1.46. The van der Waals surface area contributed by atoms with Crippen molar-refractivity contribution < 1.29 is 13.5 Å². The molecule has 0 aromatic heterocycles. The Morgan fingerprint density at radius 1 is 1.14 bits per heavy atom. The highest BCUT2D eigenvalue weighted by Crippen LogP contribution is 2.28. The van der Waals surface area contributed by atoms with E-state index in [2.05, 4.69) is 15.9 Å². The highest BCUT2D eigenvalue weighted by molar-refractivity contribution is 9.10. The van der Waals surface area contributed by atoms with E-state index in [1.165, 1.54) is 0 Å². The van der Waals surface area contributed by atoms with Gasteiger partial charge in [-0.05, 0) is 24.1 Å². The maximum atomic E-state index is 13.3. The van der Waals surface area contributed by atoms with Crippen molar-refractivity contribution in [1.29, 1.82) is 0 Å². The molecule has 0 aliphatic rings. The largest absolute Gasteiger partial charge is 0.484 e. The van der Waals surface area contributed by atoms with Crippen LogP contribution in [0.5, 0.6) is 5.75 Å². The fourth-order valence-corrected chi connectivity index (χ4v) is 2.46. The van der Waals surface area contributed by atoms with Crippen LogP contribution >= 0.6 is 15.9 Å². The predicted octanol–water partition coefficient (Wildman–Crippen LogP) is 4.58. The van der Waals surface area contributed by atoms with Crippen LogP contribution in [0, 0.1) is 11.6 Å². The van der Waals surface area contributed by atoms with E-state index in [0.717, 1.165) is 28.2 Å². The van der Waals surface area contributed by atoms with Gasteiger partial charge >= 0.3 is 0 Å². The minimum Gasteiger partial charge on any atom is -0.484 e. The maximum Gasteiger partial charge on any atom is 0.139 e. The van der Waals surface area contributed by atoms with Crippen LogP contribution in [-0.2, 0) is 0 Å². The molecule has 2 unspecified atom stereocenters. The molecular formula is C16H16BrF2NO. The van der Waals surface area contributed by atoms with Gasteiger partial charge in [-0.25, -0.2) is 8.78 Å². The van der Waals surface area contributed by atoms with Gasteiger partial charge in [0.1, 0.15) is 23.5 Å². The number of benzene rings is 2. The smallest absolute Gasteiger partial charge is 0.139 e. The fraction of sp³-hybridized carbons (Fsp3) is 0.250. The van der Waals surface area contributed by atoms with Gasteiger partial charge in [0, 0.05) is 28.7 Å². The van der Waals surface area contributed by atoms with Crippen LogP contribution in [0.25, 0.3) is 0 Å². The number of halogens is 3. The van der Waals surface area contributed by atoms with E-state index in [9.17, 15) is 8.78 Å². The third-order valence-electron chi connectivity index (χ3n) is 3.14. The lowest BCUT2D eigenvalue weighted by atomic mass is 10.0. The Balaban J connectivity index is 2.32. The molecule has 0 bridgehead atoms. The average Bonchev–Trinajstić information content (AvgIpc) is 2.43. The van der Waals surface area contributed by atoms with Crippen molar-refractivity contribution in [2.24, 2.45) is 5.73 Å². The zero-order chi connectivity index (χ0) is 15.4. The minimum atomic E-state index is -0.678. The summed E-state index contributed by atoms with van der Waals surface area (Å²) in [7, 11) is 0. The van der Waals surface area contributed by atoms with Crippen LogP contribution in [0.15, 0.2) is 46.9 Å². The Kier molecular flexibility index (Phi) is 5.31. The number of ether oxygens (including phenoxy) is 1. The van der Waals surface area contributed by atoms with Gasteiger partial charge in [0.25, 0.3) is 0 Å². The summed E-state index contributed by atoms with van der Waals surface area (Å²) in [6.07, 6.45) is 0.198. The van der Waals surface area contributed by atoms with Gasteiger partial charge in [-0.2, -0.15) is 0 Å². The fourth-order valence-electron chi connectivity index (χ4n) is 2.04. The van der Waals surface area contributed by atoms with Crippen molar-refractivity contribution in [3.63, 3.8) is 0 Å². The second-order valence-corrected chi connectivity index (χ2v) is 5.69. The monoisotopic (exact) mass is 355 g/mol. The van der Waals surface area contributed by atoms with E-state index >= 15 is 0 Å². The number of rotatable bonds is 5. The lowest BCUT2D eigenvalue weighted by molar-refractivity contribution is 0.169. The minimum absolute atomic E-state index is 0.126. The maximum absolute atomic E-state index is 13.3. The molecule has 0 heterocycles. The van der Waals surface area contributed by atoms with E-state index in [0.29, 0.717) is 6.42 Å². The lowest BCUT2D eigenvalue weighted by Gasteiger charge is -2.25. The summed E-state index contributed by atoms with van der Waals surface area (Å²) in [6, 6.07) is 10.3. The molecule has 0 saturated heterocycles.